The number of anilines is 1. The van der Waals surface area contributed by atoms with Gasteiger partial charge in [-0.25, -0.2) is 9.97 Å². The molecule has 0 radical (unpaired) electrons. The Morgan fingerprint density at radius 3 is 2.93 bits per heavy atom. The summed E-state index contributed by atoms with van der Waals surface area (Å²) in [5, 5.41) is 11.6. The Hall–Kier alpha value is -4.07. The summed E-state index contributed by atoms with van der Waals surface area (Å²) < 4.78 is 0. The van der Waals surface area contributed by atoms with Gasteiger partial charge in [0.05, 0.1) is 11.1 Å². The van der Waals surface area contributed by atoms with E-state index in [0.717, 1.165) is 28.7 Å². The quantitative estimate of drug-likeness (QED) is 0.394. The van der Waals surface area contributed by atoms with E-state index in [1.807, 2.05) is 31.2 Å². The van der Waals surface area contributed by atoms with E-state index in [4.69, 9.17) is 11.1 Å². The fourth-order valence-electron chi connectivity index (χ4n) is 3.81. The number of hydrogen-bond donors (Lipinski definition) is 4. The Morgan fingerprint density at radius 2 is 2.10 bits per heavy atom. The number of amides is 1. The van der Waals surface area contributed by atoms with E-state index >= 15 is 0 Å². The van der Waals surface area contributed by atoms with Crippen LogP contribution in [0, 0.1) is 12.3 Å². The van der Waals surface area contributed by atoms with Crippen molar-refractivity contribution in [3.05, 3.63) is 70.9 Å². The van der Waals surface area contributed by atoms with Crippen LogP contribution in [0.4, 0.5) is 5.82 Å². The number of nitrogens with two attached hydrogens (primary N) is 1. The first-order valence-electron chi connectivity index (χ1n) is 9.58. The van der Waals surface area contributed by atoms with Gasteiger partial charge in [0.1, 0.15) is 17.0 Å². The Labute approximate surface area is 172 Å². The summed E-state index contributed by atoms with van der Waals surface area (Å²) in [6.45, 7) is 2.61. The summed E-state index contributed by atoms with van der Waals surface area (Å²) in [4.78, 5) is 28.6. The van der Waals surface area contributed by atoms with Gasteiger partial charge in [-0.1, -0.05) is 6.07 Å². The number of carbonyl (C=O) groups excluding carboxylic acids is 1. The van der Waals surface area contributed by atoms with Gasteiger partial charge in [-0.05, 0) is 42.7 Å². The first kappa shape index (κ1) is 18.0. The summed E-state index contributed by atoms with van der Waals surface area (Å²) in [6, 6.07) is 7.57. The number of aromatic amines is 1. The molecule has 8 nitrogen and oxygen atoms in total. The van der Waals surface area contributed by atoms with Crippen LogP contribution in [-0.2, 0) is 6.42 Å². The van der Waals surface area contributed by atoms with Crippen molar-refractivity contribution < 1.29 is 4.79 Å². The van der Waals surface area contributed by atoms with Crippen molar-refractivity contribution >= 4 is 28.5 Å². The minimum Gasteiger partial charge on any atom is -0.383 e. The van der Waals surface area contributed by atoms with Gasteiger partial charge < -0.3 is 16.0 Å². The molecular formula is C22H19N7O. The summed E-state index contributed by atoms with van der Waals surface area (Å²) in [6.07, 6.45) is 5.94. The number of nitrogens with one attached hydrogen (secondary N) is 3. The molecule has 0 fully saturated rings. The first-order chi connectivity index (χ1) is 14.5. The summed E-state index contributed by atoms with van der Waals surface area (Å²) in [7, 11) is 0. The normalized spacial score (nSPS) is 13.2. The highest BCUT2D eigenvalue weighted by Crippen LogP contribution is 2.27. The van der Waals surface area contributed by atoms with E-state index in [2.05, 4.69) is 25.3 Å². The first-order valence-corrected chi connectivity index (χ1v) is 9.58. The second kappa shape index (κ2) is 6.77. The van der Waals surface area contributed by atoms with Crippen molar-refractivity contribution in [3.8, 4) is 11.1 Å². The third-order valence-electron chi connectivity index (χ3n) is 5.42. The Kier molecular flexibility index (Phi) is 4.06. The summed E-state index contributed by atoms with van der Waals surface area (Å²) in [5.41, 5.74) is 12.3. The zero-order valence-electron chi connectivity index (χ0n) is 16.3. The fraction of sp³-hybridized carbons (Fsp3) is 0.136. The maximum Gasteiger partial charge on any atom is 0.253 e. The highest BCUT2D eigenvalue weighted by molar-refractivity contribution is 6.14. The average molecular weight is 397 g/mol. The Morgan fingerprint density at radius 1 is 1.23 bits per heavy atom. The van der Waals surface area contributed by atoms with Crippen LogP contribution in [-0.4, -0.2) is 38.1 Å². The van der Waals surface area contributed by atoms with Gasteiger partial charge in [-0.2, -0.15) is 0 Å². The lowest BCUT2D eigenvalue weighted by Crippen LogP contribution is -2.32. The largest absolute Gasteiger partial charge is 0.383 e. The molecule has 0 spiro atoms. The maximum absolute atomic E-state index is 12.4. The van der Waals surface area contributed by atoms with Gasteiger partial charge in [0, 0.05) is 41.8 Å². The van der Waals surface area contributed by atoms with Crippen LogP contribution in [0.25, 0.3) is 22.2 Å². The molecule has 5 rings (SSSR count). The van der Waals surface area contributed by atoms with Crippen molar-refractivity contribution in [2.75, 3.05) is 12.3 Å². The SMILES string of the molecule is Cc1ccncc1-c1cnc(N)c(C(=N)c2nc3c4c(ccc3[nH]2)CCNC4=O)c1. The van der Waals surface area contributed by atoms with E-state index in [9.17, 15) is 4.79 Å². The zero-order valence-corrected chi connectivity index (χ0v) is 16.3. The van der Waals surface area contributed by atoms with Crippen LogP contribution in [0.15, 0.2) is 42.9 Å². The summed E-state index contributed by atoms with van der Waals surface area (Å²) in [5.74, 6) is 0.442. The number of nitrogens with zero attached hydrogens (tertiary/aromatic N) is 3. The highest BCUT2D eigenvalue weighted by atomic mass is 16.1. The molecule has 30 heavy (non-hydrogen) atoms. The van der Waals surface area contributed by atoms with E-state index in [-0.39, 0.29) is 17.4 Å². The maximum atomic E-state index is 12.4. The molecule has 1 aliphatic rings. The lowest BCUT2D eigenvalue weighted by atomic mass is 9.99. The molecule has 1 amide bonds. The smallest absolute Gasteiger partial charge is 0.253 e. The molecule has 0 bridgehead atoms. The van der Waals surface area contributed by atoms with E-state index < -0.39 is 0 Å². The Bertz CT molecular complexity index is 1340. The number of fused-ring (bicyclic) bond motifs is 3. The molecular weight excluding hydrogens is 378 g/mol. The standard InChI is InChI=1S/C22H19N7O/c1-11-4-6-25-10-15(11)13-8-14(20(24)27-9-13)18(23)21-28-16-3-2-12-5-7-26-22(30)17(12)19(16)29-21/h2-4,6,8-10,23H,5,7H2,1H3,(H2,24,27)(H,26,30)(H,28,29). The van der Waals surface area contributed by atoms with Crippen molar-refractivity contribution in [2.45, 2.75) is 13.3 Å². The number of imidazole rings is 1. The van der Waals surface area contributed by atoms with E-state index in [0.29, 0.717) is 34.5 Å². The lowest BCUT2D eigenvalue weighted by molar-refractivity contribution is 0.0947. The molecule has 8 heteroatoms. The molecule has 0 saturated heterocycles. The van der Waals surface area contributed by atoms with Crippen molar-refractivity contribution in [1.82, 2.24) is 25.3 Å². The number of H-pyrrole nitrogens is 1. The van der Waals surface area contributed by atoms with Crippen LogP contribution in [0.1, 0.15) is 32.9 Å². The van der Waals surface area contributed by atoms with Gasteiger partial charge in [-0.15, -0.1) is 0 Å². The predicted octanol–water partition coefficient (Wildman–Crippen LogP) is 2.61. The van der Waals surface area contributed by atoms with Gasteiger partial charge in [-0.3, -0.25) is 15.2 Å². The molecule has 0 aliphatic carbocycles. The van der Waals surface area contributed by atoms with Crippen LogP contribution in [0.2, 0.25) is 0 Å². The monoisotopic (exact) mass is 397 g/mol. The molecule has 148 valence electrons. The number of carbonyl (C=O) groups is 1. The van der Waals surface area contributed by atoms with Gasteiger partial charge in [0.2, 0.25) is 0 Å². The molecule has 0 saturated carbocycles. The molecule has 0 atom stereocenters. The van der Waals surface area contributed by atoms with Crippen LogP contribution in [0.5, 0.6) is 0 Å². The number of pyridine rings is 2. The highest BCUT2D eigenvalue weighted by Gasteiger charge is 2.23. The molecule has 1 aliphatic heterocycles. The number of aryl methyl sites for hydroxylation is 1. The second-order valence-electron chi connectivity index (χ2n) is 7.31. The minimum absolute atomic E-state index is 0.115. The average Bonchev–Trinajstić information content (AvgIpc) is 3.19. The van der Waals surface area contributed by atoms with Gasteiger partial charge in [0.15, 0.2) is 5.82 Å². The van der Waals surface area contributed by atoms with E-state index in [1.165, 1.54) is 0 Å². The number of rotatable bonds is 3. The number of benzene rings is 1. The van der Waals surface area contributed by atoms with Crippen molar-refractivity contribution in [1.29, 1.82) is 5.41 Å². The Balaban J connectivity index is 1.61. The summed E-state index contributed by atoms with van der Waals surface area (Å²) >= 11 is 0. The zero-order chi connectivity index (χ0) is 20.8. The van der Waals surface area contributed by atoms with E-state index in [1.54, 1.807) is 18.6 Å². The molecule has 3 aromatic heterocycles. The van der Waals surface area contributed by atoms with Crippen LogP contribution < -0.4 is 11.1 Å². The molecule has 1 aromatic carbocycles. The van der Waals surface area contributed by atoms with Gasteiger partial charge in [0.25, 0.3) is 5.91 Å². The fourth-order valence-corrected chi connectivity index (χ4v) is 3.81. The predicted molar refractivity (Wildman–Crippen MR) is 115 cm³/mol. The van der Waals surface area contributed by atoms with Crippen LogP contribution >= 0.6 is 0 Å². The topological polar surface area (TPSA) is 133 Å². The number of aromatic nitrogens is 4. The molecule has 4 aromatic rings. The third kappa shape index (κ3) is 2.81. The molecule has 5 N–H and O–H groups in total. The van der Waals surface area contributed by atoms with Crippen molar-refractivity contribution in [2.24, 2.45) is 0 Å². The lowest BCUT2D eigenvalue weighted by Gasteiger charge is -2.16. The molecule has 0 unspecified atom stereocenters. The van der Waals surface area contributed by atoms with Crippen LogP contribution in [0.3, 0.4) is 0 Å². The van der Waals surface area contributed by atoms with Crippen molar-refractivity contribution in [3.63, 3.8) is 0 Å². The molecule has 4 heterocycles. The van der Waals surface area contributed by atoms with Gasteiger partial charge >= 0.3 is 0 Å². The minimum atomic E-state index is -0.137. The second-order valence-corrected chi connectivity index (χ2v) is 7.31. The number of nitrogen functional groups attached to an aromatic ring is 1. The third-order valence-corrected chi connectivity index (χ3v) is 5.42. The number of hydrogen-bond acceptors (Lipinski definition) is 6.